The fourth-order valence-electron chi connectivity index (χ4n) is 2.65. The van der Waals surface area contributed by atoms with E-state index in [4.69, 9.17) is 9.47 Å². The van der Waals surface area contributed by atoms with E-state index in [-0.39, 0.29) is 12.5 Å². The molecule has 0 aliphatic carbocycles. The monoisotopic (exact) mass is 371 g/mol. The topological polar surface area (TPSA) is 75.1 Å². The summed E-state index contributed by atoms with van der Waals surface area (Å²) in [5.41, 5.74) is 2.18. The molecule has 0 aliphatic rings. The quantitative estimate of drug-likeness (QED) is 0.339. The van der Waals surface area contributed by atoms with E-state index in [1.807, 2.05) is 54.6 Å². The molecule has 1 unspecified atom stereocenters. The first kappa shape index (κ1) is 20.7. The van der Waals surface area contributed by atoms with Crippen molar-refractivity contribution in [2.45, 2.75) is 12.5 Å². The predicted molar refractivity (Wildman–Crippen MR) is 108 cm³/mol. The van der Waals surface area contributed by atoms with Gasteiger partial charge in [0.2, 0.25) is 0 Å². The zero-order valence-corrected chi connectivity index (χ0v) is 16.0. The maximum absolute atomic E-state index is 9.63. The zero-order chi connectivity index (χ0) is 19.3. The molecule has 0 fully saturated rings. The third-order valence-electron chi connectivity index (χ3n) is 4.17. The van der Waals surface area contributed by atoms with Gasteiger partial charge in [-0.2, -0.15) is 0 Å². The van der Waals surface area contributed by atoms with Crippen molar-refractivity contribution in [2.24, 2.45) is 4.99 Å². The fourth-order valence-corrected chi connectivity index (χ4v) is 2.65. The normalized spacial score (nSPS) is 12.5. The SMILES string of the molecule is CN=C(NCCOCc1cccc(OC)c1)NCC(CO)c1ccccc1. The highest BCUT2D eigenvalue weighted by molar-refractivity contribution is 5.79. The van der Waals surface area contributed by atoms with Crippen LogP contribution < -0.4 is 15.4 Å². The first-order valence-electron chi connectivity index (χ1n) is 9.07. The number of methoxy groups -OCH3 is 1. The number of guanidine groups is 1. The standard InChI is InChI=1S/C21H29N3O3/c1-22-21(24-14-19(15-25)18-8-4-3-5-9-18)23-11-12-27-16-17-7-6-10-20(13-17)26-2/h3-10,13,19,25H,11-12,14-16H2,1-2H3,(H2,22,23,24). The van der Waals surface area contributed by atoms with Crippen LogP contribution in [0, 0.1) is 0 Å². The van der Waals surface area contributed by atoms with Crippen molar-refractivity contribution in [2.75, 3.05) is 40.5 Å². The van der Waals surface area contributed by atoms with Crippen molar-refractivity contribution >= 4 is 5.96 Å². The van der Waals surface area contributed by atoms with Gasteiger partial charge in [0.25, 0.3) is 0 Å². The van der Waals surface area contributed by atoms with Gasteiger partial charge in [-0.3, -0.25) is 4.99 Å². The van der Waals surface area contributed by atoms with Crippen LogP contribution in [-0.4, -0.2) is 51.5 Å². The van der Waals surface area contributed by atoms with E-state index in [0.29, 0.717) is 32.3 Å². The van der Waals surface area contributed by atoms with Crippen molar-refractivity contribution in [1.82, 2.24) is 10.6 Å². The Bertz CT molecular complexity index is 692. The molecule has 146 valence electrons. The van der Waals surface area contributed by atoms with Crippen molar-refractivity contribution in [3.8, 4) is 5.75 Å². The van der Waals surface area contributed by atoms with Gasteiger partial charge >= 0.3 is 0 Å². The lowest BCUT2D eigenvalue weighted by Gasteiger charge is -2.18. The number of hydrogen-bond donors (Lipinski definition) is 3. The molecule has 0 saturated carbocycles. The van der Waals surface area contributed by atoms with Gasteiger partial charge in [-0.15, -0.1) is 0 Å². The molecule has 0 bridgehead atoms. The number of rotatable bonds is 10. The first-order chi connectivity index (χ1) is 13.3. The molecule has 3 N–H and O–H groups in total. The van der Waals surface area contributed by atoms with Crippen LogP contribution in [0.4, 0.5) is 0 Å². The smallest absolute Gasteiger partial charge is 0.191 e. The zero-order valence-electron chi connectivity index (χ0n) is 16.0. The molecule has 0 aromatic heterocycles. The second-order valence-electron chi connectivity index (χ2n) is 6.07. The van der Waals surface area contributed by atoms with Crippen LogP contribution >= 0.6 is 0 Å². The molecule has 2 rings (SSSR count). The van der Waals surface area contributed by atoms with Crippen LogP contribution in [0.2, 0.25) is 0 Å². The Morgan fingerprint density at radius 2 is 1.93 bits per heavy atom. The molecular weight excluding hydrogens is 342 g/mol. The molecule has 0 radical (unpaired) electrons. The number of nitrogens with one attached hydrogen (secondary N) is 2. The number of nitrogens with zero attached hydrogens (tertiary/aromatic N) is 1. The van der Waals surface area contributed by atoms with E-state index in [2.05, 4.69) is 15.6 Å². The van der Waals surface area contributed by atoms with E-state index in [9.17, 15) is 5.11 Å². The van der Waals surface area contributed by atoms with Crippen LogP contribution in [0.25, 0.3) is 0 Å². The molecular formula is C21H29N3O3. The summed E-state index contributed by atoms with van der Waals surface area (Å²) in [6, 6.07) is 17.8. The van der Waals surface area contributed by atoms with E-state index in [0.717, 1.165) is 16.9 Å². The third-order valence-corrected chi connectivity index (χ3v) is 4.17. The van der Waals surface area contributed by atoms with E-state index in [1.165, 1.54) is 0 Å². The lowest BCUT2D eigenvalue weighted by molar-refractivity contribution is 0.125. The summed E-state index contributed by atoms with van der Waals surface area (Å²) < 4.78 is 10.9. The summed E-state index contributed by atoms with van der Waals surface area (Å²) in [5.74, 6) is 1.54. The van der Waals surface area contributed by atoms with E-state index in [1.54, 1.807) is 14.2 Å². The number of aliphatic hydroxyl groups is 1. The van der Waals surface area contributed by atoms with Gasteiger partial charge in [-0.05, 0) is 23.3 Å². The van der Waals surface area contributed by atoms with Crippen molar-refractivity contribution in [3.05, 3.63) is 65.7 Å². The molecule has 2 aromatic rings. The average molecular weight is 371 g/mol. The minimum atomic E-state index is 0.0223. The number of benzene rings is 2. The fraction of sp³-hybridized carbons (Fsp3) is 0.381. The predicted octanol–water partition coefficient (Wildman–Crippen LogP) is 2.15. The Kier molecular flexibility index (Phi) is 9.17. The lowest BCUT2D eigenvalue weighted by atomic mass is 10.0. The highest BCUT2D eigenvalue weighted by Gasteiger charge is 2.10. The molecule has 6 nitrogen and oxygen atoms in total. The summed E-state index contributed by atoms with van der Waals surface area (Å²) in [5, 5.41) is 16.1. The Morgan fingerprint density at radius 3 is 2.63 bits per heavy atom. The molecule has 6 heteroatoms. The maximum Gasteiger partial charge on any atom is 0.191 e. The molecule has 0 amide bonds. The summed E-state index contributed by atoms with van der Waals surface area (Å²) >= 11 is 0. The van der Waals surface area contributed by atoms with Gasteiger partial charge in [0.15, 0.2) is 5.96 Å². The first-order valence-corrected chi connectivity index (χ1v) is 9.07. The summed E-state index contributed by atoms with van der Waals surface area (Å²) in [4.78, 5) is 4.21. The molecule has 27 heavy (non-hydrogen) atoms. The van der Waals surface area contributed by atoms with Gasteiger partial charge in [-0.25, -0.2) is 0 Å². The summed E-state index contributed by atoms with van der Waals surface area (Å²) in [7, 11) is 3.38. The van der Waals surface area contributed by atoms with Crippen LogP contribution in [0.3, 0.4) is 0 Å². The largest absolute Gasteiger partial charge is 0.497 e. The highest BCUT2D eigenvalue weighted by atomic mass is 16.5. The van der Waals surface area contributed by atoms with Gasteiger partial charge in [0, 0.05) is 26.1 Å². The van der Waals surface area contributed by atoms with Crippen molar-refractivity contribution < 1.29 is 14.6 Å². The number of aliphatic imine (C=N–C) groups is 1. The van der Waals surface area contributed by atoms with Crippen LogP contribution in [0.1, 0.15) is 17.0 Å². The molecule has 0 aliphatic heterocycles. The number of aliphatic hydroxyl groups excluding tert-OH is 1. The maximum atomic E-state index is 9.63. The van der Waals surface area contributed by atoms with E-state index >= 15 is 0 Å². The van der Waals surface area contributed by atoms with Crippen molar-refractivity contribution in [3.63, 3.8) is 0 Å². The molecule has 0 saturated heterocycles. The number of hydrogen-bond acceptors (Lipinski definition) is 4. The minimum absolute atomic E-state index is 0.0223. The Labute approximate surface area is 161 Å². The Hall–Kier alpha value is -2.57. The molecule has 0 heterocycles. The van der Waals surface area contributed by atoms with Gasteiger partial charge in [0.05, 0.1) is 26.9 Å². The Balaban J connectivity index is 1.68. The third kappa shape index (κ3) is 7.29. The Morgan fingerprint density at radius 1 is 1.11 bits per heavy atom. The van der Waals surface area contributed by atoms with Gasteiger partial charge in [0.1, 0.15) is 5.75 Å². The molecule has 2 aromatic carbocycles. The average Bonchev–Trinajstić information content (AvgIpc) is 2.73. The molecule has 1 atom stereocenters. The van der Waals surface area contributed by atoms with Crippen LogP contribution in [-0.2, 0) is 11.3 Å². The van der Waals surface area contributed by atoms with E-state index < -0.39 is 0 Å². The summed E-state index contributed by atoms with van der Waals surface area (Å²) in [6.07, 6.45) is 0. The van der Waals surface area contributed by atoms with Crippen LogP contribution in [0.5, 0.6) is 5.75 Å². The second kappa shape index (κ2) is 11.9. The second-order valence-corrected chi connectivity index (χ2v) is 6.07. The highest BCUT2D eigenvalue weighted by Crippen LogP contribution is 2.14. The van der Waals surface area contributed by atoms with Crippen LogP contribution in [0.15, 0.2) is 59.6 Å². The molecule has 0 spiro atoms. The number of ether oxygens (including phenoxy) is 2. The van der Waals surface area contributed by atoms with Crippen molar-refractivity contribution in [1.29, 1.82) is 0 Å². The minimum Gasteiger partial charge on any atom is -0.497 e. The van der Waals surface area contributed by atoms with Gasteiger partial charge in [-0.1, -0.05) is 42.5 Å². The van der Waals surface area contributed by atoms with Gasteiger partial charge < -0.3 is 25.2 Å². The summed E-state index contributed by atoms with van der Waals surface area (Å²) in [6.45, 7) is 2.41. The lowest BCUT2D eigenvalue weighted by Crippen LogP contribution is -2.41.